The number of rotatable bonds is 9. The van der Waals surface area contributed by atoms with Crippen molar-refractivity contribution in [2.24, 2.45) is 11.8 Å². The maximum absolute atomic E-state index is 12.5. The summed E-state index contributed by atoms with van der Waals surface area (Å²) < 4.78 is 28.5. The third-order valence-electron chi connectivity index (χ3n) is 4.25. The van der Waals surface area contributed by atoms with Gasteiger partial charge in [-0.15, -0.1) is 11.3 Å². The van der Waals surface area contributed by atoms with Crippen molar-refractivity contribution in [3.05, 3.63) is 17.0 Å². The minimum atomic E-state index is -3.33. The Balaban J connectivity index is 1.63. The molecule has 4 nitrogen and oxygen atoms in total. The van der Waals surface area contributed by atoms with Crippen molar-refractivity contribution >= 4 is 21.4 Å². The fraction of sp³-hybridized carbons (Fsp3) is 0.733. The van der Waals surface area contributed by atoms with Gasteiger partial charge in [0.15, 0.2) is 0 Å². The van der Waals surface area contributed by atoms with Crippen LogP contribution in [0.15, 0.2) is 16.3 Å². The maximum Gasteiger partial charge on any atom is 0.250 e. The molecule has 0 unspecified atom stereocenters. The summed E-state index contributed by atoms with van der Waals surface area (Å²) in [5.74, 6) is 1.17. The third kappa shape index (κ3) is 4.06. The molecule has 2 aliphatic carbocycles. The average Bonchev–Trinajstić information content (AvgIpc) is 3.36. The quantitative estimate of drug-likeness (QED) is 0.684. The van der Waals surface area contributed by atoms with Crippen molar-refractivity contribution in [1.82, 2.24) is 10.0 Å². The SMILES string of the molecule is CCNCCc1ccc(S(=O)(=O)NC(C2CC2)C2CC2)s1. The maximum atomic E-state index is 12.5. The summed E-state index contributed by atoms with van der Waals surface area (Å²) in [5, 5.41) is 3.26. The van der Waals surface area contributed by atoms with Gasteiger partial charge in [-0.1, -0.05) is 6.92 Å². The Bertz CT molecular complexity index is 562. The van der Waals surface area contributed by atoms with Crippen LogP contribution < -0.4 is 10.0 Å². The molecule has 2 fully saturated rings. The van der Waals surface area contributed by atoms with Gasteiger partial charge in [0, 0.05) is 10.9 Å². The van der Waals surface area contributed by atoms with E-state index in [4.69, 9.17) is 0 Å². The summed E-state index contributed by atoms with van der Waals surface area (Å²) in [5.41, 5.74) is 0. The van der Waals surface area contributed by atoms with Crippen molar-refractivity contribution < 1.29 is 8.42 Å². The molecule has 1 heterocycles. The molecule has 0 atom stereocenters. The number of sulfonamides is 1. The lowest BCUT2D eigenvalue weighted by molar-refractivity contribution is 0.472. The first-order valence-electron chi connectivity index (χ1n) is 7.92. The third-order valence-corrected chi connectivity index (χ3v) is 7.35. The Labute approximate surface area is 131 Å². The Morgan fingerprint density at radius 1 is 1.24 bits per heavy atom. The molecule has 0 aromatic carbocycles. The molecule has 0 spiro atoms. The predicted octanol–water partition coefficient (Wildman–Crippen LogP) is 2.37. The minimum absolute atomic E-state index is 0.183. The molecule has 0 amide bonds. The standard InChI is InChI=1S/C15H24N2O2S2/c1-2-16-10-9-13-7-8-14(20-13)21(18,19)17-15(11-3-4-11)12-5-6-12/h7-8,11-12,15-17H,2-6,9-10H2,1H3. The highest BCUT2D eigenvalue weighted by Crippen LogP contribution is 2.45. The van der Waals surface area contributed by atoms with Crippen LogP contribution in [0.4, 0.5) is 0 Å². The van der Waals surface area contributed by atoms with Crippen LogP contribution in [0, 0.1) is 11.8 Å². The minimum Gasteiger partial charge on any atom is -0.317 e. The molecule has 0 aliphatic heterocycles. The highest BCUT2D eigenvalue weighted by Gasteiger charge is 2.43. The smallest absolute Gasteiger partial charge is 0.250 e. The first-order chi connectivity index (χ1) is 10.1. The lowest BCUT2D eigenvalue weighted by Gasteiger charge is -2.16. The molecule has 6 heteroatoms. The van der Waals surface area contributed by atoms with Crippen LogP contribution in [0.1, 0.15) is 37.5 Å². The van der Waals surface area contributed by atoms with Crippen LogP contribution in [0.3, 0.4) is 0 Å². The van der Waals surface area contributed by atoms with E-state index in [1.54, 1.807) is 6.07 Å². The van der Waals surface area contributed by atoms with Gasteiger partial charge in [0.1, 0.15) is 4.21 Å². The zero-order valence-electron chi connectivity index (χ0n) is 12.5. The van der Waals surface area contributed by atoms with Crippen molar-refractivity contribution in [2.45, 2.75) is 49.3 Å². The van der Waals surface area contributed by atoms with Crippen LogP contribution in [0.5, 0.6) is 0 Å². The second kappa shape index (κ2) is 6.36. The van der Waals surface area contributed by atoms with Gasteiger partial charge in [-0.2, -0.15) is 0 Å². The van der Waals surface area contributed by atoms with E-state index < -0.39 is 10.0 Å². The lowest BCUT2D eigenvalue weighted by Crippen LogP contribution is -2.37. The topological polar surface area (TPSA) is 58.2 Å². The summed E-state index contributed by atoms with van der Waals surface area (Å²) in [7, 11) is -3.33. The second-order valence-corrected chi connectivity index (χ2v) is 9.26. The molecule has 2 N–H and O–H groups in total. The van der Waals surface area contributed by atoms with Gasteiger partial charge < -0.3 is 5.32 Å². The Kier molecular flexibility index (Phi) is 4.69. The number of nitrogens with one attached hydrogen (secondary N) is 2. The largest absolute Gasteiger partial charge is 0.317 e. The van der Waals surface area contributed by atoms with E-state index in [0.717, 1.165) is 24.4 Å². The van der Waals surface area contributed by atoms with Gasteiger partial charge in [0.05, 0.1) is 0 Å². The van der Waals surface area contributed by atoms with Crippen LogP contribution in [0.25, 0.3) is 0 Å². The number of hydrogen-bond donors (Lipinski definition) is 2. The molecule has 1 aromatic rings. The second-order valence-electron chi connectivity index (χ2n) is 6.15. The van der Waals surface area contributed by atoms with Gasteiger partial charge in [-0.25, -0.2) is 13.1 Å². The van der Waals surface area contributed by atoms with Crippen molar-refractivity contribution in [3.63, 3.8) is 0 Å². The van der Waals surface area contributed by atoms with Gasteiger partial charge in [0.2, 0.25) is 10.0 Å². The lowest BCUT2D eigenvalue weighted by atomic mass is 10.1. The normalized spacial score (nSPS) is 19.3. The van der Waals surface area contributed by atoms with Gasteiger partial charge in [-0.3, -0.25) is 0 Å². The first-order valence-corrected chi connectivity index (χ1v) is 10.2. The van der Waals surface area contributed by atoms with Gasteiger partial charge in [0.25, 0.3) is 0 Å². The van der Waals surface area contributed by atoms with Crippen LogP contribution in [0.2, 0.25) is 0 Å². The summed E-state index contributed by atoms with van der Waals surface area (Å²) in [6, 6.07) is 3.88. The van der Waals surface area contributed by atoms with E-state index in [9.17, 15) is 8.42 Å². The molecule has 0 bridgehead atoms. The predicted molar refractivity (Wildman–Crippen MR) is 86.1 cm³/mol. The highest BCUT2D eigenvalue weighted by atomic mass is 32.2. The molecule has 3 rings (SSSR count). The van der Waals surface area contributed by atoms with Gasteiger partial charge in [-0.05, 0) is 69.2 Å². The number of thiophene rings is 1. The van der Waals surface area contributed by atoms with Crippen molar-refractivity contribution in [2.75, 3.05) is 13.1 Å². The summed E-state index contributed by atoms with van der Waals surface area (Å²) >= 11 is 1.41. The zero-order chi connectivity index (χ0) is 14.9. The van der Waals surface area contributed by atoms with E-state index in [0.29, 0.717) is 16.0 Å². The Morgan fingerprint density at radius 3 is 2.48 bits per heavy atom. The van der Waals surface area contributed by atoms with E-state index in [1.165, 1.54) is 37.0 Å². The molecule has 1 aromatic heterocycles. The van der Waals surface area contributed by atoms with E-state index >= 15 is 0 Å². The number of likely N-dealkylation sites (N-methyl/N-ethyl adjacent to an activating group) is 1. The summed E-state index contributed by atoms with van der Waals surface area (Å²) in [4.78, 5) is 1.13. The van der Waals surface area contributed by atoms with Crippen LogP contribution >= 0.6 is 11.3 Å². The molecular formula is C15H24N2O2S2. The zero-order valence-corrected chi connectivity index (χ0v) is 14.1. The summed E-state index contributed by atoms with van der Waals surface area (Å²) in [6.07, 6.45) is 5.62. The van der Waals surface area contributed by atoms with Crippen LogP contribution in [-0.2, 0) is 16.4 Å². The molecule has 0 radical (unpaired) electrons. The van der Waals surface area contributed by atoms with Crippen molar-refractivity contribution in [1.29, 1.82) is 0 Å². The van der Waals surface area contributed by atoms with Crippen molar-refractivity contribution in [3.8, 4) is 0 Å². The van der Waals surface area contributed by atoms with E-state index in [2.05, 4.69) is 17.0 Å². The van der Waals surface area contributed by atoms with Crippen LogP contribution in [-0.4, -0.2) is 27.5 Å². The van der Waals surface area contributed by atoms with E-state index in [-0.39, 0.29) is 6.04 Å². The Morgan fingerprint density at radius 2 is 1.90 bits per heavy atom. The van der Waals surface area contributed by atoms with E-state index in [1.807, 2.05) is 6.07 Å². The monoisotopic (exact) mass is 328 g/mol. The molecule has 2 aliphatic rings. The molecule has 118 valence electrons. The number of hydrogen-bond acceptors (Lipinski definition) is 4. The van der Waals surface area contributed by atoms with Gasteiger partial charge >= 0.3 is 0 Å². The Hall–Kier alpha value is -0.430. The first kappa shape index (κ1) is 15.5. The fourth-order valence-corrected chi connectivity index (χ4v) is 5.50. The summed E-state index contributed by atoms with van der Waals surface area (Å²) in [6.45, 7) is 3.92. The molecule has 21 heavy (non-hydrogen) atoms. The highest BCUT2D eigenvalue weighted by molar-refractivity contribution is 7.91. The molecule has 2 saturated carbocycles. The molecular weight excluding hydrogens is 304 g/mol. The average molecular weight is 329 g/mol. The fourth-order valence-electron chi connectivity index (χ4n) is 2.75. The molecule has 0 saturated heterocycles.